The van der Waals surface area contributed by atoms with E-state index < -0.39 is 12.2 Å². The lowest BCUT2D eigenvalue weighted by molar-refractivity contribution is 0.0969. The third-order valence-electron chi connectivity index (χ3n) is 15.3. The molecular weight excluding hydrogens is 937 g/mol. The van der Waals surface area contributed by atoms with Crippen LogP contribution in [-0.4, -0.2) is 45.8 Å². The Balaban J connectivity index is 0.000000546. The maximum absolute atomic E-state index is 10.7. The minimum atomic E-state index is -0.457. The van der Waals surface area contributed by atoms with Gasteiger partial charge in [0.2, 0.25) is 0 Å². The van der Waals surface area contributed by atoms with Crippen molar-refractivity contribution in [3.8, 4) is 23.0 Å². The normalized spacial score (nSPS) is 12.3. The highest BCUT2D eigenvalue weighted by Crippen LogP contribution is 2.38. The lowest BCUT2D eigenvalue weighted by Crippen LogP contribution is -2.21. The second-order valence-electron chi connectivity index (χ2n) is 22.4. The van der Waals surface area contributed by atoms with Crippen LogP contribution < -0.4 is 9.47 Å². The molecule has 2 atom stereocenters. The molecule has 0 heterocycles. The summed E-state index contributed by atoms with van der Waals surface area (Å²) in [6, 6.07) is 24.3. The third kappa shape index (κ3) is 23.3. The maximum Gasteiger partial charge on any atom is 0.122 e. The molecule has 4 rings (SSSR count). The molecule has 0 radical (unpaired) electrons. The summed E-state index contributed by atoms with van der Waals surface area (Å²) in [5.74, 6) is 2.23. The van der Waals surface area contributed by atoms with Crippen LogP contribution in [0, 0.1) is 0 Å². The van der Waals surface area contributed by atoms with Crippen LogP contribution in [-0.2, 0) is 36.5 Å². The zero-order valence-electron chi connectivity index (χ0n) is 48.6. The van der Waals surface area contributed by atoms with E-state index in [4.69, 9.17) is 9.47 Å². The van der Waals surface area contributed by atoms with Gasteiger partial charge >= 0.3 is 0 Å². The highest BCUT2D eigenvalue weighted by Gasteiger charge is 2.27. The molecule has 0 bridgehead atoms. The molecule has 0 amide bonds. The van der Waals surface area contributed by atoms with E-state index >= 15 is 0 Å². The van der Waals surface area contributed by atoms with E-state index in [-0.39, 0.29) is 10.8 Å². The number of hydrogen-bond acceptors (Lipinski definition) is 6. The molecule has 2 unspecified atom stereocenters. The Hall–Kier alpha value is -5.04. The number of aliphatic hydroxyl groups excluding tert-OH is 2. The fraction of sp³-hybridized carbons (Fsp3) is 0.543. The fourth-order valence-corrected chi connectivity index (χ4v) is 10.0. The van der Waals surface area contributed by atoms with E-state index in [1.165, 1.54) is 127 Å². The Morgan fingerprint density at radius 3 is 0.961 bits per heavy atom. The fourth-order valence-electron chi connectivity index (χ4n) is 10.0. The number of allylic oxidation sites excluding steroid dienone is 4. The second-order valence-corrected chi connectivity index (χ2v) is 22.4. The summed E-state index contributed by atoms with van der Waals surface area (Å²) in [7, 11) is 0. The van der Waals surface area contributed by atoms with Gasteiger partial charge in [0, 0.05) is 10.8 Å². The van der Waals surface area contributed by atoms with Crippen LogP contribution in [0.4, 0.5) is 0 Å². The Morgan fingerprint density at radius 1 is 0.395 bits per heavy atom. The Bertz CT molecular complexity index is 2110. The molecule has 420 valence electrons. The van der Waals surface area contributed by atoms with Gasteiger partial charge in [0.05, 0.1) is 12.2 Å². The summed E-state index contributed by atoms with van der Waals surface area (Å²) in [5.41, 5.74) is 8.01. The first-order valence-electron chi connectivity index (χ1n) is 29.6. The van der Waals surface area contributed by atoms with Crippen molar-refractivity contribution in [2.45, 2.75) is 232 Å². The first-order chi connectivity index (χ1) is 36.7. The van der Waals surface area contributed by atoms with Crippen molar-refractivity contribution in [2.75, 3.05) is 13.2 Å². The van der Waals surface area contributed by atoms with Crippen molar-refractivity contribution in [1.29, 1.82) is 0 Å². The van der Waals surface area contributed by atoms with E-state index in [9.17, 15) is 20.4 Å². The number of aromatic hydroxyl groups is 2. The average Bonchev–Trinajstić information content (AvgIpc) is 3.40. The number of phenolic OH excluding ortho intramolecular Hbond substituents is 2. The van der Waals surface area contributed by atoms with E-state index in [0.29, 0.717) is 50.4 Å². The quantitative estimate of drug-likeness (QED) is 0.0262. The van der Waals surface area contributed by atoms with Crippen molar-refractivity contribution < 1.29 is 29.9 Å². The number of benzene rings is 4. The number of hydrogen-bond donors (Lipinski definition) is 4. The minimum absolute atomic E-state index is 0.243. The van der Waals surface area contributed by atoms with E-state index in [0.717, 1.165) is 70.6 Å². The van der Waals surface area contributed by atoms with Crippen molar-refractivity contribution >= 4 is 0 Å². The summed E-state index contributed by atoms with van der Waals surface area (Å²) in [6.07, 6.45) is 36.6. The Kier molecular flexibility index (Phi) is 31.7. The van der Waals surface area contributed by atoms with Gasteiger partial charge in [0.15, 0.2) is 0 Å². The smallest absolute Gasteiger partial charge is 0.122 e. The van der Waals surface area contributed by atoms with Crippen LogP contribution in [0.15, 0.2) is 123 Å². The monoisotopic (exact) mass is 1040 g/mol. The van der Waals surface area contributed by atoms with Gasteiger partial charge in [0.1, 0.15) is 36.2 Å². The standard InChI is InChI=1S/C49H80O4.C21H24O2/c1-7-11-13-15-17-19-21-23-25-27-31-45(50)39-52-47-35-33-43(37-41(47)29-9-3)49(5,6)44-34-36-48(42(38-44)30-10-4)53-40-46(51)32-28-26-24-22-20-18-16-14-12-8-2;1-5-7-15-13-17(9-11-19(15)22)21(3,4)18-10-12-20(23)16(14-18)8-6-2/h9-10,33-38,45-46,50-51H,3-4,7-8,11-32,39-40H2,1-2,5-6H3;5-6,9-14,22-23H,1-2,7-8H2,3-4H3. The van der Waals surface area contributed by atoms with Crippen molar-refractivity contribution in [1.82, 2.24) is 0 Å². The number of aliphatic hydroxyl groups is 2. The van der Waals surface area contributed by atoms with E-state index in [2.05, 4.69) is 104 Å². The van der Waals surface area contributed by atoms with Gasteiger partial charge in [0.25, 0.3) is 0 Å². The molecule has 4 N–H and O–H groups in total. The molecule has 6 heteroatoms. The zero-order chi connectivity index (χ0) is 55.6. The van der Waals surface area contributed by atoms with Gasteiger partial charge in [-0.3, -0.25) is 0 Å². The van der Waals surface area contributed by atoms with Crippen molar-refractivity contribution in [3.63, 3.8) is 0 Å². The van der Waals surface area contributed by atoms with Crippen molar-refractivity contribution in [2.24, 2.45) is 0 Å². The Labute approximate surface area is 463 Å². The molecule has 76 heavy (non-hydrogen) atoms. The number of unbranched alkanes of at least 4 members (excludes halogenated alkanes) is 18. The van der Waals surface area contributed by atoms with Gasteiger partial charge in [-0.2, -0.15) is 0 Å². The molecule has 4 aromatic carbocycles. The van der Waals surface area contributed by atoms with Crippen LogP contribution in [0.5, 0.6) is 23.0 Å². The lowest BCUT2D eigenvalue weighted by atomic mass is 9.76. The molecule has 0 aliphatic rings. The minimum Gasteiger partial charge on any atom is -0.508 e. The summed E-state index contributed by atoms with van der Waals surface area (Å²) in [5, 5.41) is 41.3. The third-order valence-corrected chi connectivity index (χ3v) is 15.3. The predicted octanol–water partition coefficient (Wildman–Crippen LogP) is 18.5. The first kappa shape index (κ1) is 65.2. The Morgan fingerprint density at radius 2 is 0.658 bits per heavy atom. The van der Waals surface area contributed by atoms with Gasteiger partial charge in [-0.05, 0) is 107 Å². The summed E-state index contributed by atoms with van der Waals surface area (Å²) in [6.45, 7) is 29.4. The SMILES string of the molecule is C=CCc1cc(C(C)(C)c2ccc(O)c(CC=C)c2)ccc1O.C=CCc1cc(C(C)(C)c2ccc(OCC(O)CCCCCCCCCCCC)c(CC=C)c2)ccc1OCC(O)CCCCCCCCCCCC. The second kappa shape index (κ2) is 36.9. The lowest BCUT2D eigenvalue weighted by Gasteiger charge is -2.28. The molecule has 0 fully saturated rings. The summed E-state index contributed by atoms with van der Waals surface area (Å²) in [4.78, 5) is 0. The van der Waals surface area contributed by atoms with Gasteiger partial charge < -0.3 is 29.9 Å². The average molecular weight is 1040 g/mol. The molecule has 4 aromatic rings. The maximum atomic E-state index is 10.7. The molecule has 0 saturated carbocycles. The topological polar surface area (TPSA) is 99.4 Å². The highest BCUT2D eigenvalue weighted by molar-refractivity contribution is 5.50. The van der Waals surface area contributed by atoms with Crippen LogP contribution in [0.2, 0.25) is 0 Å². The van der Waals surface area contributed by atoms with Gasteiger partial charge in [-0.1, -0.05) is 243 Å². The van der Waals surface area contributed by atoms with Crippen LogP contribution in [0.25, 0.3) is 0 Å². The summed E-state index contributed by atoms with van der Waals surface area (Å²) >= 11 is 0. The predicted molar refractivity (Wildman–Crippen MR) is 325 cm³/mol. The molecule has 6 nitrogen and oxygen atoms in total. The molecule has 0 spiro atoms. The molecule has 0 aromatic heterocycles. The van der Waals surface area contributed by atoms with E-state index in [1.54, 1.807) is 24.3 Å². The number of rotatable bonds is 40. The summed E-state index contributed by atoms with van der Waals surface area (Å²) < 4.78 is 12.4. The number of ether oxygens (including phenoxy) is 2. The van der Waals surface area contributed by atoms with Crippen molar-refractivity contribution in [3.05, 3.63) is 168 Å². The largest absolute Gasteiger partial charge is 0.508 e. The molecular formula is C70H104O6. The molecule has 0 saturated heterocycles. The molecule has 0 aliphatic heterocycles. The zero-order valence-corrected chi connectivity index (χ0v) is 48.6. The van der Waals surface area contributed by atoms with Crippen LogP contribution in [0.1, 0.15) is 227 Å². The van der Waals surface area contributed by atoms with Crippen LogP contribution in [0.3, 0.4) is 0 Å². The van der Waals surface area contributed by atoms with Crippen LogP contribution >= 0.6 is 0 Å². The van der Waals surface area contributed by atoms with E-state index in [1.807, 2.05) is 36.4 Å². The highest BCUT2D eigenvalue weighted by atomic mass is 16.5. The molecule has 0 aliphatic carbocycles. The number of phenols is 2. The van der Waals surface area contributed by atoms with Gasteiger partial charge in [-0.25, -0.2) is 0 Å². The van der Waals surface area contributed by atoms with Gasteiger partial charge in [-0.15, -0.1) is 26.3 Å². The first-order valence-corrected chi connectivity index (χ1v) is 29.6.